The topological polar surface area (TPSA) is 81.3 Å². The molecule has 3 saturated carbocycles. The van der Waals surface area contributed by atoms with E-state index in [9.17, 15) is 0 Å². The zero-order chi connectivity index (χ0) is 28.0. The van der Waals surface area contributed by atoms with Crippen LogP contribution in [0, 0.1) is 18.7 Å². The maximum atomic E-state index is 15.3. The van der Waals surface area contributed by atoms with Crippen LogP contribution in [0.1, 0.15) is 76.3 Å². The number of aryl methyl sites for hydroxylation is 1. The summed E-state index contributed by atoms with van der Waals surface area (Å²) in [4.78, 5) is 12.0. The summed E-state index contributed by atoms with van der Waals surface area (Å²) in [6, 6.07) is 10.3. The van der Waals surface area contributed by atoms with E-state index in [1.54, 1.807) is 19.2 Å². The summed E-state index contributed by atoms with van der Waals surface area (Å²) in [6.07, 6.45) is 14.9. The van der Waals surface area contributed by atoms with Crippen LogP contribution in [0.4, 0.5) is 4.39 Å². The normalized spacial score (nSPS) is 22.6. The molecule has 0 unspecified atom stereocenters. The third-order valence-electron chi connectivity index (χ3n) is 9.65. The van der Waals surface area contributed by atoms with E-state index in [0.717, 1.165) is 24.1 Å². The molecule has 0 spiro atoms. The molecule has 0 bridgehead atoms. The van der Waals surface area contributed by atoms with Crippen LogP contribution >= 0.6 is 0 Å². The lowest BCUT2D eigenvalue weighted by molar-refractivity contribution is -0.0673. The third kappa shape index (κ3) is 5.00. The Morgan fingerprint density at radius 2 is 1.71 bits per heavy atom. The van der Waals surface area contributed by atoms with Gasteiger partial charge in [-0.15, -0.1) is 0 Å². The Morgan fingerprint density at radius 3 is 2.49 bits per heavy atom. The van der Waals surface area contributed by atoms with Gasteiger partial charge in [0, 0.05) is 40.7 Å². The van der Waals surface area contributed by atoms with Crippen LogP contribution < -0.4 is 19.5 Å². The molecule has 3 aliphatic carbocycles. The standard InChI is InChI=1S/C33H39FN4O3/c1-20-14-24-26(37-20)10-11-28(31(24)34)40-32-25-17-29(39-2)30(18-27(25)35-19-36-32)41-33(12-6-3-7-13-33)21-15-23(16-21)38-22-8-4-5-9-22/h10-11,14,17-19,21-23,37-38H,3-9,12-13,15-16H2,1-2H3. The minimum absolute atomic E-state index is 0.114. The molecule has 41 heavy (non-hydrogen) atoms. The predicted molar refractivity (Wildman–Crippen MR) is 158 cm³/mol. The molecule has 3 aliphatic rings. The number of halogens is 1. The SMILES string of the molecule is COc1cc2c(Oc3ccc4[nH]c(C)cc4c3F)ncnc2cc1OC1(C2CC(NC3CCCC3)C2)CCCCC1. The van der Waals surface area contributed by atoms with Gasteiger partial charge in [-0.2, -0.15) is 0 Å². The number of hydrogen-bond acceptors (Lipinski definition) is 6. The van der Waals surface area contributed by atoms with Crippen molar-refractivity contribution in [2.45, 2.75) is 95.2 Å². The second-order valence-electron chi connectivity index (χ2n) is 12.3. The zero-order valence-corrected chi connectivity index (χ0v) is 24.0. The molecular weight excluding hydrogens is 519 g/mol. The molecule has 2 aromatic heterocycles. The van der Waals surface area contributed by atoms with Crippen molar-refractivity contribution in [3.05, 3.63) is 48.2 Å². The molecular formula is C33H39FN4O3. The molecule has 2 aromatic carbocycles. The van der Waals surface area contributed by atoms with Crippen molar-refractivity contribution in [1.29, 1.82) is 0 Å². The number of hydrogen-bond donors (Lipinski definition) is 2. The van der Waals surface area contributed by atoms with Gasteiger partial charge in [0.05, 0.1) is 18.0 Å². The van der Waals surface area contributed by atoms with Crippen LogP contribution in [0.2, 0.25) is 0 Å². The number of methoxy groups -OCH3 is 1. The number of ether oxygens (including phenoxy) is 3. The molecule has 2 N–H and O–H groups in total. The number of aromatic amines is 1. The number of H-pyrrole nitrogens is 1. The minimum Gasteiger partial charge on any atom is -0.493 e. The van der Waals surface area contributed by atoms with Crippen LogP contribution in [0.5, 0.6) is 23.1 Å². The number of nitrogens with one attached hydrogen (secondary N) is 2. The first-order chi connectivity index (χ1) is 20.0. The van der Waals surface area contributed by atoms with Gasteiger partial charge in [-0.25, -0.2) is 14.4 Å². The minimum atomic E-state index is -0.425. The summed E-state index contributed by atoms with van der Waals surface area (Å²) < 4.78 is 34.2. The molecule has 0 atom stereocenters. The molecule has 7 rings (SSSR count). The highest BCUT2D eigenvalue weighted by atomic mass is 19.1. The summed E-state index contributed by atoms with van der Waals surface area (Å²) in [6.45, 7) is 1.90. The Balaban J connectivity index is 1.16. The second kappa shape index (κ2) is 10.8. The van der Waals surface area contributed by atoms with Crippen LogP contribution in [0.15, 0.2) is 36.7 Å². The van der Waals surface area contributed by atoms with Gasteiger partial charge in [-0.05, 0) is 82.6 Å². The van der Waals surface area contributed by atoms with E-state index >= 15 is 4.39 Å². The summed E-state index contributed by atoms with van der Waals surface area (Å²) in [7, 11) is 1.65. The molecule has 2 heterocycles. The average molecular weight is 559 g/mol. The van der Waals surface area contributed by atoms with Gasteiger partial charge in [-0.1, -0.05) is 19.3 Å². The van der Waals surface area contributed by atoms with Gasteiger partial charge in [0.1, 0.15) is 11.9 Å². The van der Waals surface area contributed by atoms with Crippen LogP contribution in [0.25, 0.3) is 21.8 Å². The summed E-state index contributed by atoms with van der Waals surface area (Å²) in [5.41, 5.74) is 2.10. The highest BCUT2D eigenvalue weighted by molar-refractivity contribution is 5.87. The van der Waals surface area contributed by atoms with Crippen molar-refractivity contribution in [3.8, 4) is 23.1 Å². The highest BCUT2D eigenvalue weighted by Gasteiger charge is 2.49. The van der Waals surface area contributed by atoms with Crippen LogP contribution in [-0.2, 0) is 0 Å². The van der Waals surface area contributed by atoms with E-state index in [2.05, 4.69) is 20.3 Å². The van der Waals surface area contributed by atoms with Gasteiger partial charge in [-0.3, -0.25) is 0 Å². The largest absolute Gasteiger partial charge is 0.493 e. The van der Waals surface area contributed by atoms with E-state index in [4.69, 9.17) is 14.2 Å². The van der Waals surface area contributed by atoms with Crippen molar-refractivity contribution in [2.24, 2.45) is 5.92 Å². The number of nitrogens with zero attached hydrogens (tertiary/aromatic N) is 2. The highest BCUT2D eigenvalue weighted by Crippen LogP contribution is 2.49. The van der Waals surface area contributed by atoms with Crippen LogP contribution in [0.3, 0.4) is 0 Å². The first-order valence-corrected chi connectivity index (χ1v) is 15.2. The second-order valence-corrected chi connectivity index (χ2v) is 12.3. The number of rotatable bonds is 8. The van der Waals surface area contributed by atoms with Crippen molar-refractivity contribution in [3.63, 3.8) is 0 Å². The smallest absolute Gasteiger partial charge is 0.230 e. The summed E-state index contributed by atoms with van der Waals surface area (Å²) in [5.74, 6) is 1.81. The van der Waals surface area contributed by atoms with Crippen molar-refractivity contribution < 1.29 is 18.6 Å². The number of benzene rings is 2. The van der Waals surface area contributed by atoms with Crippen molar-refractivity contribution >= 4 is 21.8 Å². The molecule has 216 valence electrons. The van der Waals surface area contributed by atoms with Gasteiger partial charge in [0.25, 0.3) is 0 Å². The maximum Gasteiger partial charge on any atom is 0.230 e. The summed E-state index contributed by atoms with van der Waals surface area (Å²) in [5, 5.41) is 5.04. The van der Waals surface area contributed by atoms with E-state index in [-0.39, 0.29) is 17.2 Å². The fraction of sp³-hybridized carbons (Fsp3) is 0.515. The fourth-order valence-electron chi connectivity index (χ4n) is 7.40. The van der Waals surface area contributed by atoms with Gasteiger partial charge in [0.2, 0.25) is 5.88 Å². The lowest BCUT2D eigenvalue weighted by Gasteiger charge is -2.51. The predicted octanol–water partition coefficient (Wildman–Crippen LogP) is 7.75. The van der Waals surface area contributed by atoms with E-state index in [1.807, 2.05) is 25.1 Å². The third-order valence-corrected chi connectivity index (χ3v) is 9.65. The molecule has 7 nitrogen and oxygen atoms in total. The Labute approximate surface area is 240 Å². The quantitative estimate of drug-likeness (QED) is 0.230. The molecule has 0 radical (unpaired) electrons. The lowest BCUT2D eigenvalue weighted by Crippen LogP contribution is -2.56. The first-order valence-electron chi connectivity index (χ1n) is 15.2. The average Bonchev–Trinajstić information content (AvgIpc) is 3.61. The van der Waals surface area contributed by atoms with Crippen LogP contribution in [-0.4, -0.2) is 39.7 Å². The van der Waals surface area contributed by atoms with E-state index < -0.39 is 5.82 Å². The number of aromatic nitrogens is 3. The molecule has 0 aliphatic heterocycles. The van der Waals surface area contributed by atoms with E-state index in [0.29, 0.717) is 45.8 Å². The fourth-order valence-corrected chi connectivity index (χ4v) is 7.40. The Hall–Kier alpha value is -3.39. The first kappa shape index (κ1) is 26.5. The molecule has 4 aromatic rings. The van der Waals surface area contributed by atoms with Gasteiger partial charge in [0.15, 0.2) is 23.1 Å². The molecule has 0 saturated heterocycles. The van der Waals surface area contributed by atoms with Crippen molar-refractivity contribution in [1.82, 2.24) is 20.3 Å². The van der Waals surface area contributed by atoms with E-state index in [1.165, 1.54) is 64.1 Å². The zero-order valence-electron chi connectivity index (χ0n) is 24.0. The lowest BCUT2D eigenvalue weighted by atomic mass is 9.64. The van der Waals surface area contributed by atoms with Gasteiger partial charge >= 0.3 is 0 Å². The Bertz CT molecular complexity index is 1550. The summed E-state index contributed by atoms with van der Waals surface area (Å²) >= 11 is 0. The molecule has 0 amide bonds. The number of fused-ring (bicyclic) bond motifs is 2. The maximum absolute atomic E-state index is 15.3. The van der Waals surface area contributed by atoms with Crippen molar-refractivity contribution in [2.75, 3.05) is 7.11 Å². The monoisotopic (exact) mass is 558 g/mol. The molecule has 8 heteroatoms. The Kier molecular flexibility index (Phi) is 6.97. The molecule has 3 fully saturated rings. The van der Waals surface area contributed by atoms with Gasteiger partial charge < -0.3 is 24.5 Å². The Morgan fingerprint density at radius 1 is 0.902 bits per heavy atom.